The zero-order valence-corrected chi connectivity index (χ0v) is 9.85. The number of rotatable bonds is 1. The molecule has 0 bridgehead atoms. The van der Waals surface area contributed by atoms with Gasteiger partial charge in [0.1, 0.15) is 5.82 Å². The maximum Gasteiger partial charge on any atom is 0.131 e. The number of aryl methyl sites for hydroxylation is 1. The molecular formula is C13H17N3. The van der Waals surface area contributed by atoms with Crippen molar-refractivity contribution < 1.29 is 0 Å². The number of nitriles is 1. The van der Waals surface area contributed by atoms with E-state index in [4.69, 9.17) is 5.26 Å². The summed E-state index contributed by atoms with van der Waals surface area (Å²) < 4.78 is 0. The molecular weight excluding hydrogens is 198 g/mol. The zero-order chi connectivity index (χ0) is 11.5. The summed E-state index contributed by atoms with van der Waals surface area (Å²) in [5.74, 6) is 2.09. The van der Waals surface area contributed by atoms with Crippen LogP contribution in [-0.2, 0) is 0 Å². The van der Waals surface area contributed by atoms with Crippen LogP contribution in [0.2, 0.25) is 0 Å². The molecule has 0 saturated heterocycles. The van der Waals surface area contributed by atoms with Crippen molar-refractivity contribution in [2.45, 2.75) is 39.0 Å². The summed E-state index contributed by atoms with van der Waals surface area (Å²) in [6.45, 7) is 4.16. The molecule has 0 aliphatic heterocycles. The molecule has 3 nitrogen and oxygen atoms in total. The van der Waals surface area contributed by atoms with E-state index in [2.05, 4.69) is 23.0 Å². The first kappa shape index (κ1) is 11.1. The molecule has 0 aromatic carbocycles. The van der Waals surface area contributed by atoms with Crippen LogP contribution in [0.5, 0.6) is 0 Å². The maximum atomic E-state index is 8.97. The van der Waals surface area contributed by atoms with Crippen LogP contribution in [0.1, 0.15) is 43.5 Å². The molecule has 1 fully saturated rings. The molecule has 0 N–H and O–H groups in total. The summed E-state index contributed by atoms with van der Waals surface area (Å²) in [7, 11) is 0. The number of hydrogen-bond acceptors (Lipinski definition) is 3. The monoisotopic (exact) mass is 215 g/mol. The van der Waals surface area contributed by atoms with E-state index in [1.54, 1.807) is 0 Å². The van der Waals surface area contributed by atoms with Gasteiger partial charge < -0.3 is 0 Å². The zero-order valence-electron chi connectivity index (χ0n) is 9.85. The molecule has 1 aromatic rings. The van der Waals surface area contributed by atoms with Gasteiger partial charge in [-0.15, -0.1) is 0 Å². The minimum Gasteiger partial charge on any atom is -0.241 e. The Balaban J connectivity index is 2.08. The Morgan fingerprint density at radius 3 is 2.56 bits per heavy atom. The summed E-state index contributed by atoms with van der Waals surface area (Å²) in [4.78, 5) is 8.79. The van der Waals surface area contributed by atoms with Crippen LogP contribution in [-0.4, -0.2) is 9.97 Å². The van der Waals surface area contributed by atoms with E-state index in [9.17, 15) is 0 Å². The second-order valence-electron chi connectivity index (χ2n) is 4.84. The van der Waals surface area contributed by atoms with E-state index in [1.165, 1.54) is 0 Å². The topological polar surface area (TPSA) is 49.6 Å². The lowest BCUT2D eigenvalue weighted by Gasteiger charge is -2.29. The Morgan fingerprint density at radius 2 is 2.00 bits per heavy atom. The van der Waals surface area contributed by atoms with Gasteiger partial charge in [-0.3, -0.25) is 0 Å². The number of nitrogens with zero attached hydrogens (tertiary/aromatic N) is 3. The van der Waals surface area contributed by atoms with E-state index in [0.717, 1.165) is 30.7 Å². The van der Waals surface area contributed by atoms with Gasteiger partial charge in [0, 0.05) is 24.2 Å². The van der Waals surface area contributed by atoms with Crippen LogP contribution in [0.25, 0.3) is 0 Å². The summed E-state index contributed by atoms with van der Waals surface area (Å²) in [6.07, 6.45) is 6.83. The average Bonchev–Trinajstić information content (AvgIpc) is 2.30. The van der Waals surface area contributed by atoms with Gasteiger partial charge >= 0.3 is 0 Å². The van der Waals surface area contributed by atoms with Crippen molar-refractivity contribution in [3.8, 4) is 6.07 Å². The third kappa shape index (κ3) is 2.21. The summed E-state index contributed by atoms with van der Waals surface area (Å²) in [5, 5.41) is 8.97. The van der Waals surface area contributed by atoms with Gasteiger partial charge in [0.15, 0.2) is 0 Å². The highest BCUT2D eigenvalue weighted by Gasteiger charge is 2.29. The van der Waals surface area contributed by atoms with Crippen molar-refractivity contribution in [3.05, 3.63) is 23.8 Å². The highest BCUT2D eigenvalue weighted by atomic mass is 14.9. The molecule has 1 aliphatic rings. The lowest BCUT2D eigenvalue weighted by Crippen LogP contribution is -2.21. The van der Waals surface area contributed by atoms with Gasteiger partial charge in [-0.25, -0.2) is 9.97 Å². The van der Waals surface area contributed by atoms with Crippen LogP contribution in [0.15, 0.2) is 12.4 Å². The Hall–Kier alpha value is -1.43. The Kier molecular flexibility index (Phi) is 3.19. The van der Waals surface area contributed by atoms with E-state index < -0.39 is 0 Å². The van der Waals surface area contributed by atoms with Crippen molar-refractivity contribution in [2.75, 3.05) is 0 Å². The van der Waals surface area contributed by atoms with Crippen LogP contribution in [0.3, 0.4) is 0 Å². The molecule has 3 unspecified atom stereocenters. The number of aromatic nitrogens is 2. The molecule has 1 aliphatic carbocycles. The SMILES string of the molecule is Cc1cnc(C2CCC(C#N)C(C)C2)nc1. The molecule has 0 radical (unpaired) electrons. The van der Waals surface area contributed by atoms with Crippen molar-refractivity contribution >= 4 is 0 Å². The molecule has 1 saturated carbocycles. The molecule has 1 aromatic heterocycles. The lowest BCUT2D eigenvalue weighted by molar-refractivity contribution is 0.276. The first-order valence-electron chi connectivity index (χ1n) is 5.89. The first-order valence-corrected chi connectivity index (χ1v) is 5.89. The highest BCUT2D eigenvalue weighted by Crippen LogP contribution is 2.37. The summed E-state index contributed by atoms with van der Waals surface area (Å²) in [5.41, 5.74) is 1.10. The van der Waals surface area contributed by atoms with Crippen molar-refractivity contribution in [1.29, 1.82) is 5.26 Å². The molecule has 0 spiro atoms. The second kappa shape index (κ2) is 4.61. The predicted molar refractivity (Wildman–Crippen MR) is 61.6 cm³/mol. The van der Waals surface area contributed by atoms with E-state index in [-0.39, 0.29) is 5.92 Å². The third-order valence-corrected chi connectivity index (χ3v) is 3.50. The third-order valence-electron chi connectivity index (χ3n) is 3.50. The molecule has 3 heteroatoms. The standard InChI is InChI=1S/C13H17N3/c1-9-7-15-13(16-8-9)11-3-4-12(6-14)10(2)5-11/h7-8,10-12H,3-5H2,1-2H3. The molecule has 16 heavy (non-hydrogen) atoms. The molecule has 1 heterocycles. The fourth-order valence-corrected chi connectivity index (χ4v) is 2.44. The van der Waals surface area contributed by atoms with Crippen molar-refractivity contribution in [1.82, 2.24) is 9.97 Å². The quantitative estimate of drug-likeness (QED) is 0.723. The van der Waals surface area contributed by atoms with Crippen LogP contribution in [0, 0.1) is 30.1 Å². The highest BCUT2D eigenvalue weighted by molar-refractivity contribution is 5.07. The second-order valence-corrected chi connectivity index (χ2v) is 4.84. The molecule has 2 rings (SSSR count). The smallest absolute Gasteiger partial charge is 0.131 e. The van der Waals surface area contributed by atoms with E-state index in [1.807, 2.05) is 19.3 Å². The van der Waals surface area contributed by atoms with E-state index in [0.29, 0.717) is 11.8 Å². The fourth-order valence-electron chi connectivity index (χ4n) is 2.44. The van der Waals surface area contributed by atoms with Crippen LogP contribution < -0.4 is 0 Å². The predicted octanol–water partition coefficient (Wildman–Crippen LogP) is 2.83. The maximum absolute atomic E-state index is 8.97. The van der Waals surface area contributed by atoms with Gasteiger partial charge in [-0.2, -0.15) is 5.26 Å². The fraction of sp³-hybridized carbons (Fsp3) is 0.615. The average molecular weight is 215 g/mol. The number of hydrogen-bond donors (Lipinski definition) is 0. The van der Waals surface area contributed by atoms with Gasteiger partial charge in [-0.1, -0.05) is 6.92 Å². The lowest BCUT2D eigenvalue weighted by atomic mass is 9.75. The normalized spacial score (nSPS) is 29.7. The Bertz CT molecular complexity index is 391. The van der Waals surface area contributed by atoms with Crippen LogP contribution >= 0.6 is 0 Å². The largest absolute Gasteiger partial charge is 0.241 e. The minimum absolute atomic E-state index is 0.224. The molecule has 84 valence electrons. The Morgan fingerprint density at radius 1 is 1.31 bits per heavy atom. The van der Waals surface area contributed by atoms with Crippen LogP contribution in [0.4, 0.5) is 0 Å². The Labute approximate surface area is 96.5 Å². The van der Waals surface area contributed by atoms with E-state index >= 15 is 0 Å². The summed E-state index contributed by atoms with van der Waals surface area (Å²) >= 11 is 0. The van der Waals surface area contributed by atoms with Gasteiger partial charge in [-0.05, 0) is 37.7 Å². The van der Waals surface area contributed by atoms with Gasteiger partial charge in [0.2, 0.25) is 0 Å². The minimum atomic E-state index is 0.224. The van der Waals surface area contributed by atoms with Gasteiger partial charge in [0.25, 0.3) is 0 Å². The van der Waals surface area contributed by atoms with Gasteiger partial charge in [0.05, 0.1) is 6.07 Å². The van der Waals surface area contributed by atoms with Crippen molar-refractivity contribution in [2.24, 2.45) is 11.8 Å². The molecule has 3 atom stereocenters. The first-order chi connectivity index (χ1) is 7.70. The summed E-state index contributed by atoms with van der Waals surface area (Å²) in [6, 6.07) is 2.39. The van der Waals surface area contributed by atoms with Crippen molar-refractivity contribution in [3.63, 3.8) is 0 Å². The molecule has 0 amide bonds.